The first kappa shape index (κ1) is 16.7. The molecule has 27 heavy (non-hydrogen) atoms. The molecule has 0 aliphatic heterocycles. The third-order valence-corrected chi connectivity index (χ3v) is 4.41. The van der Waals surface area contributed by atoms with Crippen LogP contribution in [0.5, 0.6) is 0 Å². The van der Waals surface area contributed by atoms with Gasteiger partial charge < -0.3 is 10.1 Å². The van der Waals surface area contributed by atoms with Gasteiger partial charge in [0.15, 0.2) is 0 Å². The van der Waals surface area contributed by atoms with Crippen molar-refractivity contribution < 1.29 is 9.90 Å². The van der Waals surface area contributed by atoms with Gasteiger partial charge in [-0.3, -0.25) is 4.79 Å². The normalized spacial score (nSPS) is 10.8. The third-order valence-electron chi connectivity index (χ3n) is 4.41. The molecular weight excluding hydrogens is 340 g/mol. The summed E-state index contributed by atoms with van der Waals surface area (Å²) in [5.41, 5.74) is 3.39. The van der Waals surface area contributed by atoms with Crippen molar-refractivity contribution in [3.05, 3.63) is 100 Å². The highest BCUT2D eigenvalue weighted by molar-refractivity contribution is 5.87. The lowest BCUT2D eigenvalue weighted by atomic mass is 10.0. The molecule has 0 unspecified atom stereocenters. The summed E-state index contributed by atoms with van der Waals surface area (Å²) in [6.07, 6.45) is 0.354. The maximum absolute atomic E-state index is 12.6. The molecule has 2 N–H and O–H groups in total. The van der Waals surface area contributed by atoms with Gasteiger partial charge in [-0.05, 0) is 41.0 Å². The Hall–Kier alpha value is -3.73. The molecule has 1 heterocycles. The van der Waals surface area contributed by atoms with E-state index in [0.29, 0.717) is 23.1 Å². The van der Waals surface area contributed by atoms with E-state index in [9.17, 15) is 9.59 Å². The number of nitrogens with one attached hydrogen (secondary N) is 1. The number of aromatic amines is 1. The van der Waals surface area contributed by atoms with Crippen molar-refractivity contribution in [2.24, 2.45) is 0 Å². The first-order valence-corrected chi connectivity index (χ1v) is 8.51. The lowest BCUT2D eigenvalue weighted by molar-refractivity contribution is 0.0696. The number of aromatic carboxylic acids is 1. The van der Waals surface area contributed by atoms with Crippen LogP contribution in [0.15, 0.2) is 77.6 Å². The molecule has 0 bridgehead atoms. The monoisotopic (exact) mass is 356 g/mol. The van der Waals surface area contributed by atoms with Gasteiger partial charge in [0.2, 0.25) is 0 Å². The highest BCUT2D eigenvalue weighted by Gasteiger charge is 2.09. The second-order valence-corrected chi connectivity index (χ2v) is 6.29. The van der Waals surface area contributed by atoms with Crippen molar-refractivity contribution in [3.8, 4) is 11.1 Å². The average Bonchev–Trinajstić information content (AvgIpc) is 2.69. The molecule has 3 aromatic carbocycles. The van der Waals surface area contributed by atoms with Gasteiger partial charge >= 0.3 is 5.97 Å². The molecule has 0 spiro atoms. The molecular formula is C22H16N2O3. The van der Waals surface area contributed by atoms with Crippen molar-refractivity contribution in [1.29, 1.82) is 0 Å². The highest BCUT2D eigenvalue weighted by Crippen LogP contribution is 2.22. The molecule has 0 saturated heterocycles. The second-order valence-electron chi connectivity index (χ2n) is 6.29. The number of carbonyl (C=O) groups is 1. The predicted octanol–water partition coefficient (Wildman–Crippen LogP) is 3.88. The Balaban J connectivity index is 1.71. The van der Waals surface area contributed by atoms with Crippen LogP contribution in [0.2, 0.25) is 0 Å². The van der Waals surface area contributed by atoms with Gasteiger partial charge in [-0.2, -0.15) is 0 Å². The minimum absolute atomic E-state index is 0.206. The third kappa shape index (κ3) is 3.48. The number of fused-ring (bicyclic) bond motifs is 1. The molecule has 0 radical (unpaired) electrons. The van der Waals surface area contributed by atoms with Gasteiger partial charge in [0, 0.05) is 6.42 Å². The van der Waals surface area contributed by atoms with E-state index in [4.69, 9.17) is 5.11 Å². The molecule has 5 nitrogen and oxygen atoms in total. The Kier molecular flexibility index (Phi) is 4.26. The lowest BCUT2D eigenvalue weighted by Crippen LogP contribution is -2.12. The second kappa shape index (κ2) is 6.88. The molecule has 0 atom stereocenters. The maximum atomic E-state index is 12.6. The molecule has 0 fully saturated rings. The quantitative estimate of drug-likeness (QED) is 0.581. The number of carboxylic acid groups (broad SMARTS) is 1. The van der Waals surface area contributed by atoms with Crippen molar-refractivity contribution in [2.45, 2.75) is 6.42 Å². The van der Waals surface area contributed by atoms with Gasteiger partial charge in [0.25, 0.3) is 5.56 Å². The number of nitrogens with zero attached hydrogens (tertiary/aromatic N) is 1. The van der Waals surface area contributed by atoms with E-state index in [1.54, 1.807) is 12.1 Å². The van der Waals surface area contributed by atoms with Gasteiger partial charge in [-0.1, -0.05) is 48.5 Å². The molecule has 0 aliphatic carbocycles. The summed E-state index contributed by atoms with van der Waals surface area (Å²) in [5.74, 6) is -0.479. The van der Waals surface area contributed by atoms with Crippen molar-refractivity contribution in [2.75, 3.05) is 0 Å². The van der Waals surface area contributed by atoms with Crippen molar-refractivity contribution in [1.82, 2.24) is 9.97 Å². The Morgan fingerprint density at radius 3 is 2.52 bits per heavy atom. The molecule has 4 aromatic rings. The van der Waals surface area contributed by atoms with Gasteiger partial charge in [0.05, 0.1) is 16.5 Å². The standard InChI is InChI=1S/C22H16N2O3/c25-21-18-13-16(15-6-2-1-3-7-15)9-10-19(18)23-20(24-21)12-14-5-4-8-17(11-14)22(26)27/h1-11,13H,12H2,(H,26,27)(H,23,24,25). The molecule has 5 heteroatoms. The number of rotatable bonds is 4. The largest absolute Gasteiger partial charge is 0.478 e. The molecule has 0 saturated carbocycles. The van der Waals surface area contributed by atoms with Crippen LogP contribution in [0.25, 0.3) is 22.0 Å². The molecule has 0 amide bonds. The predicted molar refractivity (Wildman–Crippen MR) is 104 cm³/mol. The number of carboxylic acids is 1. The first-order chi connectivity index (χ1) is 13.1. The van der Waals surface area contributed by atoms with Crippen molar-refractivity contribution >= 4 is 16.9 Å². The van der Waals surface area contributed by atoms with E-state index in [1.807, 2.05) is 54.6 Å². The smallest absolute Gasteiger partial charge is 0.335 e. The Morgan fingerprint density at radius 2 is 1.74 bits per heavy atom. The minimum atomic E-state index is -0.981. The van der Waals surface area contributed by atoms with E-state index in [2.05, 4.69) is 9.97 Å². The number of hydrogen-bond acceptors (Lipinski definition) is 3. The van der Waals surface area contributed by atoms with E-state index in [1.165, 1.54) is 6.07 Å². The van der Waals surface area contributed by atoms with Crippen LogP contribution < -0.4 is 5.56 Å². The Labute approximate surface area is 155 Å². The van der Waals surface area contributed by atoms with Crippen LogP contribution in [0.1, 0.15) is 21.7 Å². The summed E-state index contributed by atoms with van der Waals surface area (Å²) in [6.45, 7) is 0. The number of H-pyrrole nitrogens is 1. The molecule has 4 rings (SSSR count). The molecule has 132 valence electrons. The van der Waals surface area contributed by atoms with E-state index >= 15 is 0 Å². The minimum Gasteiger partial charge on any atom is -0.478 e. The number of benzene rings is 3. The summed E-state index contributed by atoms with van der Waals surface area (Å²) in [7, 11) is 0. The summed E-state index contributed by atoms with van der Waals surface area (Å²) < 4.78 is 0. The summed E-state index contributed by atoms with van der Waals surface area (Å²) in [5, 5.41) is 9.63. The first-order valence-electron chi connectivity index (χ1n) is 8.51. The zero-order chi connectivity index (χ0) is 18.8. The molecule has 0 aliphatic rings. The van der Waals surface area contributed by atoms with Crippen molar-refractivity contribution in [3.63, 3.8) is 0 Å². The Bertz CT molecular complexity index is 1200. The van der Waals surface area contributed by atoms with Crippen LogP contribution in [0.3, 0.4) is 0 Å². The zero-order valence-electron chi connectivity index (χ0n) is 14.3. The van der Waals surface area contributed by atoms with Gasteiger partial charge in [-0.15, -0.1) is 0 Å². The fourth-order valence-electron chi connectivity index (χ4n) is 3.09. The Morgan fingerprint density at radius 1 is 0.926 bits per heavy atom. The van der Waals surface area contributed by atoms with E-state index < -0.39 is 5.97 Å². The van der Waals surface area contributed by atoms with Gasteiger partial charge in [0.1, 0.15) is 5.82 Å². The topological polar surface area (TPSA) is 83.0 Å². The SMILES string of the molecule is O=C(O)c1cccc(Cc2nc3ccc(-c4ccccc4)cc3c(=O)[nH]2)c1. The van der Waals surface area contributed by atoms with E-state index in [0.717, 1.165) is 16.7 Å². The fourth-order valence-corrected chi connectivity index (χ4v) is 3.09. The zero-order valence-corrected chi connectivity index (χ0v) is 14.3. The van der Waals surface area contributed by atoms with Crippen LogP contribution in [0, 0.1) is 0 Å². The van der Waals surface area contributed by atoms with Crippen LogP contribution >= 0.6 is 0 Å². The lowest BCUT2D eigenvalue weighted by Gasteiger charge is -2.06. The van der Waals surface area contributed by atoms with Crippen LogP contribution in [-0.4, -0.2) is 21.0 Å². The highest BCUT2D eigenvalue weighted by atomic mass is 16.4. The molecule has 1 aromatic heterocycles. The maximum Gasteiger partial charge on any atom is 0.335 e. The number of aromatic nitrogens is 2. The number of hydrogen-bond donors (Lipinski definition) is 2. The average molecular weight is 356 g/mol. The van der Waals surface area contributed by atoms with E-state index in [-0.39, 0.29) is 11.1 Å². The van der Waals surface area contributed by atoms with Crippen LogP contribution in [0.4, 0.5) is 0 Å². The summed E-state index contributed by atoms with van der Waals surface area (Å²) >= 11 is 0. The van der Waals surface area contributed by atoms with Crippen LogP contribution in [-0.2, 0) is 6.42 Å². The summed E-state index contributed by atoms with van der Waals surface area (Å²) in [4.78, 5) is 31.0. The van der Waals surface area contributed by atoms with Gasteiger partial charge in [-0.25, -0.2) is 9.78 Å². The fraction of sp³-hybridized carbons (Fsp3) is 0.0455. The summed E-state index contributed by atoms with van der Waals surface area (Å²) in [6, 6.07) is 22.1.